The molecule has 1 aromatic heterocycles. The first-order chi connectivity index (χ1) is 8.22. The maximum atomic E-state index is 12.0. The van der Waals surface area contributed by atoms with Gasteiger partial charge in [-0.1, -0.05) is 18.1 Å². The smallest absolute Gasteiger partial charge is 0.198 e. The average molecular weight is 228 g/mol. The zero-order valence-corrected chi connectivity index (χ0v) is 10.0. The molecular formula is C15H16O2. The molecule has 0 bridgehead atoms. The summed E-state index contributed by atoms with van der Waals surface area (Å²) in [6.07, 6.45) is 4.33. The number of fused-ring (bicyclic) bond motifs is 1. The van der Waals surface area contributed by atoms with Crippen molar-refractivity contribution < 1.29 is 9.21 Å². The summed E-state index contributed by atoms with van der Waals surface area (Å²) in [5.41, 5.74) is 2.00. The van der Waals surface area contributed by atoms with Gasteiger partial charge in [0.2, 0.25) is 0 Å². The molecule has 1 fully saturated rings. The SMILES string of the molecule is Cc1ccc2oc(C(=O)CC3CCC3)cc2c1. The zero-order chi connectivity index (χ0) is 11.8. The molecule has 0 amide bonds. The fourth-order valence-electron chi connectivity index (χ4n) is 2.36. The number of benzene rings is 1. The third-order valence-electron chi connectivity index (χ3n) is 3.65. The first kappa shape index (κ1) is 10.6. The lowest BCUT2D eigenvalue weighted by molar-refractivity contribution is 0.0911. The van der Waals surface area contributed by atoms with E-state index in [2.05, 4.69) is 6.07 Å². The number of carbonyl (C=O) groups is 1. The van der Waals surface area contributed by atoms with Crippen LogP contribution in [-0.2, 0) is 0 Å². The van der Waals surface area contributed by atoms with Crippen LogP contribution in [0.1, 0.15) is 41.8 Å². The molecule has 1 saturated carbocycles. The van der Waals surface area contributed by atoms with Crippen LogP contribution in [0, 0.1) is 12.8 Å². The van der Waals surface area contributed by atoms with Crippen molar-refractivity contribution in [2.75, 3.05) is 0 Å². The summed E-state index contributed by atoms with van der Waals surface area (Å²) >= 11 is 0. The molecular weight excluding hydrogens is 212 g/mol. The predicted molar refractivity (Wildman–Crippen MR) is 67.2 cm³/mol. The monoisotopic (exact) mass is 228 g/mol. The van der Waals surface area contributed by atoms with Crippen LogP contribution in [0.3, 0.4) is 0 Å². The van der Waals surface area contributed by atoms with E-state index in [0.29, 0.717) is 18.1 Å². The maximum absolute atomic E-state index is 12.0. The minimum Gasteiger partial charge on any atom is -0.453 e. The topological polar surface area (TPSA) is 30.2 Å². The van der Waals surface area contributed by atoms with E-state index in [-0.39, 0.29) is 5.78 Å². The molecule has 0 unspecified atom stereocenters. The third kappa shape index (κ3) is 1.99. The molecule has 2 heteroatoms. The van der Waals surface area contributed by atoms with Crippen LogP contribution in [0.5, 0.6) is 0 Å². The third-order valence-corrected chi connectivity index (χ3v) is 3.65. The van der Waals surface area contributed by atoms with Crippen LogP contribution in [-0.4, -0.2) is 5.78 Å². The van der Waals surface area contributed by atoms with Gasteiger partial charge in [-0.05, 0) is 43.9 Å². The lowest BCUT2D eigenvalue weighted by Gasteiger charge is -2.23. The van der Waals surface area contributed by atoms with Gasteiger partial charge in [0, 0.05) is 11.8 Å². The van der Waals surface area contributed by atoms with Crippen molar-refractivity contribution in [2.24, 2.45) is 5.92 Å². The molecule has 2 nitrogen and oxygen atoms in total. The molecule has 3 rings (SSSR count). The molecule has 1 aromatic carbocycles. The van der Waals surface area contributed by atoms with Gasteiger partial charge in [0.05, 0.1) is 0 Å². The highest BCUT2D eigenvalue weighted by Gasteiger charge is 2.23. The molecule has 1 heterocycles. The minimum atomic E-state index is 0.156. The van der Waals surface area contributed by atoms with E-state index in [1.54, 1.807) is 0 Å². The standard InChI is InChI=1S/C15H16O2/c1-10-5-6-14-12(7-10)9-15(17-14)13(16)8-11-3-2-4-11/h5-7,9,11H,2-4,8H2,1H3. The maximum Gasteiger partial charge on any atom is 0.198 e. The largest absolute Gasteiger partial charge is 0.453 e. The molecule has 0 N–H and O–H groups in total. The molecule has 1 aliphatic rings. The first-order valence-corrected chi connectivity index (χ1v) is 6.26. The predicted octanol–water partition coefficient (Wildman–Crippen LogP) is 4.11. The Morgan fingerprint density at radius 3 is 2.88 bits per heavy atom. The molecule has 0 spiro atoms. The van der Waals surface area contributed by atoms with Crippen molar-refractivity contribution >= 4 is 16.8 Å². The molecule has 1 aliphatic carbocycles. The van der Waals surface area contributed by atoms with Crippen LogP contribution in [0.4, 0.5) is 0 Å². The molecule has 0 saturated heterocycles. The van der Waals surface area contributed by atoms with Crippen molar-refractivity contribution in [2.45, 2.75) is 32.6 Å². The Bertz CT molecular complexity index is 561. The second-order valence-corrected chi connectivity index (χ2v) is 5.08. The Balaban J connectivity index is 1.86. The van der Waals surface area contributed by atoms with E-state index < -0.39 is 0 Å². The summed E-state index contributed by atoms with van der Waals surface area (Å²) in [6, 6.07) is 7.87. The normalized spacial score (nSPS) is 16.1. The van der Waals surface area contributed by atoms with Crippen molar-refractivity contribution in [3.05, 3.63) is 35.6 Å². The van der Waals surface area contributed by atoms with Gasteiger partial charge >= 0.3 is 0 Å². The molecule has 0 aliphatic heterocycles. The zero-order valence-electron chi connectivity index (χ0n) is 10.0. The van der Waals surface area contributed by atoms with E-state index in [4.69, 9.17) is 4.42 Å². The first-order valence-electron chi connectivity index (χ1n) is 6.26. The number of rotatable bonds is 3. The van der Waals surface area contributed by atoms with E-state index >= 15 is 0 Å². The van der Waals surface area contributed by atoms with Crippen molar-refractivity contribution in [1.82, 2.24) is 0 Å². The van der Waals surface area contributed by atoms with E-state index in [9.17, 15) is 4.79 Å². The van der Waals surface area contributed by atoms with Gasteiger partial charge in [-0.3, -0.25) is 4.79 Å². The van der Waals surface area contributed by atoms with Crippen LogP contribution in [0.2, 0.25) is 0 Å². The fraction of sp³-hybridized carbons (Fsp3) is 0.400. The van der Waals surface area contributed by atoms with E-state index in [1.165, 1.54) is 24.8 Å². The van der Waals surface area contributed by atoms with E-state index in [1.807, 2.05) is 25.1 Å². The Labute approximate surface area is 101 Å². The van der Waals surface area contributed by atoms with Crippen LogP contribution >= 0.6 is 0 Å². The van der Waals surface area contributed by atoms with Crippen molar-refractivity contribution in [1.29, 1.82) is 0 Å². The number of ketones is 1. The average Bonchev–Trinajstić information content (AvgIpc) is 2.65. The Morgan fingerprint density at radius 1 is 1.35 bits per heavy atom. The summed E-state index contributed by atoms with van der Waals surface area (Å²) < 4.78 is 5.60. The van der Waals surface area contributed by atoms with Gasteiger partial charge in [0.15, 0.2) is 11.5 Å². The summed E-state index contributed by atoms with van der Waals surface area (Å²) in [5.74, 6) is 1.28. The summed E-state index contributed by atoms with van der Waals surface area (Å²) in [7, 11) is 0. The second-order valence-electron chi connectivity index (χ2n) is 5.08. The lowest BCUT2D eigenvalue weighted by Crippen LogP contribution is -2.15. The quantitative estimate of drug-likeness (QED) is 0.740. The Kier molecular flexibility index (Phi) is 2.50. The molecule has 0 atom stereocenters. The van der Waals surface area contributed by atoms with Gasteiger partial charge in [-0.25, -0.2) is 0 Å². The van der Waals surface area contributed by atoms with Gasteiger partial charge in [0.1, 0.15) is 5.58 Å². The summed E-state index contributed by atoms with van der Waals surface area (Å²) in [4.78, 5) is 12.0. The van der Waals surface area contributed by atoms with Crippen molar-refractivity contribution in [3.63, 3.8) is 0 Å². The number of furan rings is 1. The van der Waals surface area contributed by atoms with Crippen molar-refractivity contribution in [3.8, 4) is 0 Å². The number of carbonyl (C=O) groups excluding carboxylic acids is 1. The Hall–Kier alpha value is -1.57. The number of Topliss-reactive ketones (excluding diaryl/α,β-unsaturated/α-hetero) is 1. The Morgan fingerprint density at radius 2 is 2.18 bits per heavy atom. The van der Waals surface area contributed by atoms with Gasteiger partial charge in [0.25, 0.3) is 0 Å². The highest BCUT2D eigenvalue weighted by molar-refractivity contribution is 5.97. The van der Waals surface area contributed by atoms with Crippen LogP contribution in [0.15, 0.2) is 28.7 Å². The van der Waals surface area contributed by atoms with Crippen LogP contribution < -0.4 is 0 Å². The molecule has 0 radical (unpaired) electrons. The van der Waals surface area contributed by atoms with Gasteiger partial charge < -0.3 is 4.42 Å². The fourth-order valence-corrected chi connectivity index (χ4v) is 2.36. The van der Waals surface area contributed by atoms with Gasteiger partial charge in [-0.2, -0.15) is 0 Å². The van der Waals surface area contributed by atoms with Gasteiger partial charge in [-0.15, -0.1) is 0 Å². The molecule has 2 aromatic rings. The highest BCUT2D eigenvalue weighted by atomic mass is 16.3. The second kappa shape index (κ2) is 4.02. The highest BCUT2D eigenvalue weighted by Crippen LogP contribution is 2.31. The number of hydrogen-bond donors (Lipinski definition) is 0. The summed E-state index contributed by atoms with van der Waals surface area (Å²) in [5, 5.41) is 1.03. The molecule has 88 valence electrons. The molecule has 17 heavy (non-hydrogen) atoms. The lowest BCUT2D eigenvalue weighted by atomic mass is 9.81. The minimum absolute atomic E-state index is 0.156. The van der Waals surface area contributed by atoms with Crippen LogP contribution in [0.25, 0.3) is 11.0 Å². The van der Waals surface area contributed by atoms with E-state index in [0.717, 1.165) is 11.0 Å². The summed E-state index contributed by atoms with van der Waals surface area (Å²) in [6.45, 7) is 2.04. The number of hydrogen-bond acceptors (Lipinski definition) is 2. The number of aryl methyl sites for hydroxylation is 1.